The first-order valence-electron chi connectivity index (χ1n) is 23.1. The van der Waals surface area contributed by atoms with Crippen LogP contribution in [0.1, 0.15) is 90.2 Å². The summed E-state index contributed by atoms with van der Waals surface area (Å²) in [5.74, 6) is -1.76. The van der Waals surface area contributed by atoms with Gasteiger partial charge in [0.05, 0.1) is 37.2 Å². The van der Waals surface area contributed by atoms with Gasteiger partial charge >= 0.3 is 49.4 Å². The molecule has 3 saturated carbocycles. The zero-order valence-corrected chi connectivity index (χ0v) is 40.1. The van der Waals surface area contributed by atoms with Crippen LogP contribution in [-0.2, 0) is 46.6 Å². The molecule has 1 aromatic heterocycles. The molecule has 6 atom stereocenters. The van der Waals surface area contributed by atoms with Gasteiger partial charge in [0, 0.05) is 97.5 Å². The zero-order chi connectivity index (χ0) is 45.1. The van der Waals surface area contributed by atoms with Crippen LogP contribution in [-0.4, -0.2) is 162 Å². The molecule has 1 aromatic rings. The first kappa shape index (κ1) is 52.5. The Morgan fingerprint density at radius 1 is 0.750 bits per heavy atom. The molecular formula is C45H67EuN8O10. The van der Waals surface area contributed by atoms with E-state index < -0.39 is 17.9 Å². The number of carboxylic acids is 3. The third-order valence-electron chi connectivity index (χ3n) is 15.2. The Morgan fingerprint density at radius 3 is 1.94 bits per heavy atom. The van der Waals surface area contributed by atoms with E-state index in [0.29, 0.717) is 56.1 Å². The number of nitrogens with zero attached hydrogens (tertiary/aromatic N) is 7. The van der Waals surface area contributed by atoms with Crippen LogP contribution in [0, 0.1) is 83.9 Å². The first-order chi connectivity index (χ1) is 30.1. The summed E-state index contributed by atoms with van der Waals surface area (Å²) in [5, 5.41) is 45.5. The van der Waals surface area contributed by atoms with Gasteiger partial charge in [-0.3, -0.25) is 38.7 Å². The molecule has 6 unspecified atom stereocenters. The number of ketones is 2. The van der Waals surface area contributed by atoms with Crippen LogP contribution < -0.4 is 20.6 Å². The predicted molar refractivity (Wildman–Crippen MR) is 223 cm³/mol. The number of aliphatic carboxylic acids is 3. The molecule has 354 valence electrons. The van der Waals surface area contributed by atoms with Crippen molar-refractivity contribution in [3.05, 3.63) is 23.5 Å². The molecule has 0 radical (unpaired) electrons. The Kier molecular flexibility index (Phi) is 20.1. The first-order valence-corrected chi connectivity index (χ1v) is 23.1. The number of allylic oxidation sites excluding steroid dienone is 1. The summed E-state index contributed by atoms with van der Waals surface area (Å²) in [6.07, 6.45) is 14.4. The van der Waals surface area contributed by atoms with Crippen molar-refractivity contribution >= 4 is 35.4 Å². The summed E-state index contributed by atoms with van der Waals surface area (Å²) < 4.78 is 7.68. The SMILES string of the molecule is CC12CCC(=O)C=C1CCC1C2CCC2(C)C(C(=O)COCCCCCn3cc(CNC(=O)CN4CCN(CC(=O)[O-])CCN(CC(=O)[O-])CCN(CC(=O)[O-])CC4)nn3)CCC12.[Eu+3]. The van der Waals surface area contributed by atoms with E-state index in [1.807, 2.05) is 11.0 Å². The molecule has 18 nitrogen and oxygen atoms in total. The zero-order valence-electron chi connectivity index (χ0n) is 37.6. The van der Waals surface area contributed by atoms with Gasteiger partial charge in [-0.25, -0.2) is 0 Å². The fourth-order valence-corrected chi connectivity index (χ4v) is 11.8. The topological polar surface area (TPSA) is 237 Å². The molecule has 1 aliphatic heterocycles. The number of rotatable bonds is 19. The van der Waals surface area contributed by atoms with Crippen LogP contribution in [0.3, 0.4) is 0 Å². The van der Waals surface area contributed by atoms with E-state index in [2.05, 4.69) is 29.5 Å². The van der Waals surface area contributed by atoms with Crippen molar-refractivity contribution in [1.82, 2.24) is 39.9 Å². The maximum Gasteiger partial charge on any atom is 3.00 e. The third-order valence-corrected chi connectivity index (χ3v) is 15.2. The molecule has 4 aliphatic carbocycles. The minimum absolute atomic E-state index is 0. The summed E-state index contributed by atoms with van der Waals surface area (Å²) in [6, 6.07) is 0. The Hall–Kier alpha value is -2.52. The Bertz CT molecular complexity index is 1800. The van der Waals surface area contributed by atoms with E-state index >= 15 is 0 Å². The Labute approximate surface area is 417 Å². The van der Waals surface area contributed by atoms with Gasteiger partial charge in [-0.1, -0.05) is 24.6 Å². The number of fused-ring (bicyclic) bond motifs is 5. The molecule has 1 N–H and O–H groups in total. The number of carbonyl (C=O) groups is 6. The summed E-state index contributed by atoms with van der Waals surface area (Å²) in [5.41, 5.74) is 2.13. The molecule has 6 rings (SSSR count). The standard InChI is InChI=1S/C45H70N8O10.Eu/c1-44-12-10-34(54)24-32(44)6-7-35-36-8-9-38(45(36,2)13-11-37(35)44)39(55)31-63-23-5-3-4-14-53-26-33(47-48-53)25-46-40(56)27-49-15-17-50(28-41(57)58)19-21-52(30-43(61)62)22-20-51(18-16-49)29-42(59)60;/h24,26,35-38H,3-23,25,27-31H2,1-2H3,(H,46,56)(H,57,58)(H,59,60)(H,61,62);/q;+3/p-3. The number of carboxylic acid groups (broad SMARTS) is 3. The van der Waals surface area contributed by atoms with Crippen molar-refractivity contribution in [3.63, 3.8) is 0 Å². The number of carbonyl (C=O) groups excluding carboxylic acids is 6. The normalized spacial score (nSPS) is 28.6. The van der Waals surface area contributed by atoms with Crippen LogP contribution in [0.25, 0.3) is 0 Å². The van der Waals surface area contributed by atoms with Gasteiger partial charge in [0.2, 0.25) is 5.91 Å². The molecule has 19 heteroatoms. The van der Waals surface area contributed by atoms with E-state index in [-0.39, 0.29) is 162 Å². The molecule has 64 heavy (non-hydrogen) atoms. The molecule has 1 saturated heterocycles. The maximum atomic E-state index is 13.6. The molecule has 2 heterocycles. The second-order valence-corrected chi connectivity index (χ2v) is 19.2. The third kappa shape index (κ3) is 14.3. The summed E-state index contributed by atoms with van der Waals surface area (Å²) >= 11 is 0. The van der Waals surface area contributed by atoms with Gasteiger partial charge in [0.15, 0.2) is 11.6 Å². The molecule has 5 aliphatic rings. The molecule has 0 bridgehead atoms. The van der Waals surface area contributed by atoms with Crippen LogP contribution >= 0.6 is 0 Å². The number of aromatic nitrogens is 3. The fourth-order valence-electron chi connectivity index (χ4n) is 11.8. The minimum atomic E-state index is -1.29. The van der Waals surface area contributed by atoms with Gasteiger partial charge < -0.3 is 39.8 Å². The van der Waals surface area contributed by atoms with Crippen LogP contribution in [0.4, 0.5) is 0 Å². The van der Waals surface area contributed by atoms with Crippen LogP contribution in [0.5, 0.6) is 0 Å². The number of amides is 1. The van der Waals surface area contributed by atoms with Crippen LogP contribution in [0.2, 0.25) is 0 Å². The van der Waals surface area contributed by atoms with Crippen LogP contribution in [0.15, 0.2) is 17.8 Å². The molecule has 0 aromatic carbocycles. The van der Waals surface area contributed by atoms with Crippen molar-refractivity contribution in [2.75, 3.05) is 91.8 Å². The number of Topliss-reactive ketones (excluding diaryl/α,β-unsaturated/α-hetero) is 1. The molecular weight excluding hydrogens is 965 g/mol. The largest absolute Gasteiger partial charge is 3.00 e. The van der Waals surface area contributed by atoms with Gasteiger partial charge in [0.1, 0.15) is 12.3 Å². The van der Waals surface area contributed by atoms with E-state index in [4.69, 9.17) is 4.74 Å². The molecule has 0 spiro atoms. The predicted octanol–water partition coefficient (Wildman–Crippen LogP) is -1.73. The van der Waals surface area contributed by atoms with E-state index in [1.165, 1.54) is 5.57 Å². The summed E-state index contributed by atoms with van der Waals surface area (Å²) in [4.78, 5) is 79.7. The van der Waals surface area contributed by atoms with Gasteiger partial charge in [-0.15, -0.1) is 5.10 Å². The summed E-state index contributed by atoms with van der Waals surface area (Å²) in [7, 11) is 0. The molecule has 1 amide bonds. The molecule has 4 fully saturated rings. The monoisotopic (exact) mass is 1030 g/mol. The smallest absolute Gasteiger partial charge is 0.549 e. The number of aryl methyl sites for hydroxylation is 1. The Morgan fingerprint density at radius 2 is 1.34 bits per heavy atom. The van der Waals surface area contributed by atoms with E-state index in [9.17, 15) is 44.1 Å². The second kappa shape index (κ2) is 24.5. The number of hydrogen-bond acceptors (Lipinski definition) is 16. The van der Waals surface area contributed by atoms with Crippen molar-refractivity contribution in [2.45, 2.75) is 97.6 Å². The van der Waals surface area contributed by atoms with Crippen molar-refractivity contribution in [3.8, 4) is 0 Å². The minimum Gasteiger partial charge on any atom is -0.549 e. The van der Waals surface area contributed by atoms with Crippen molar-refractivity contribution < 1.29 is 98.2 Å². The maximum absolute atomic E-state index is 13.6. The number of nitrogens with one attached hydrogen (secondary N) is 1. The van der Waals surface area contributed by atoms with Gasteiger partial charge in [-0.2, -0.15) is 0 Å². The average Bonchev–Trinajstić information content (AvgIpc) is 3.84. The van der Waals surface area contributed by atoms with Gasteiger partial charge in [-0.05, 0) is 98.9 Å². The number of unbranched alkanes of at least 4 members (excludes halogenated alkanes) is 2. The fraction of sp³-hybridized carbons (Fsp3) is 0.778. The Balaban J connectivity index is 0.00000771. The number of hydrogen-bond donors (Lipinski definition) is 1. The van der Waals surface area contributed by atoms with E-state index in [0.717, 1.165) is 64.2 Å². The van der Waals surface area contributed by atoms with E-state index in [1.54, 1.807) is 25.6 Å². The van der Waals surface area contributed by atoms with Crippen molar-refractivity contribution in [1.29, 1.82) is 0 Å². The van der Waals surface area contributed by atoms with Crippen molar-refractivity contribution in [2.24, 2.45) is 34.5 Å². The summed E-state index contributed by atoms with van der Waals surface area (Å²) in [6.45, 7) is 7.07. The second-order valence-electron chi connectivity index (χ2n) is 19.2. The quantitative estimate of drug-likeness (QED) is 0.152. The number of ether oxygens (including phenoxy) is 1. The van der Waals surface area contributed by atoms with Gasteiger partial charge in [0.25, 0.3) is 0 Å². The average molecular weight is 1030 g/mol.